The first-order valence-corrected chi connectivity index (χ1v) is 7.72. The van der Waals surface area contributed by atoms with Gasteiger partial charge in [-0.05, 0) is 38.1 Å². The van der Waals surface area contributed by atoms with Crippen LogP contribution >= 0.6 is 11.6 Å². The van der Waals surface area contributed by atoms with Gasteiger partial charge in [-0.2, -0.15) is 0 Å². The summed E-state index contributed by atoms with van der Waals surface area (Å²) in [7, 11) is 0. The van der Waals surface area contributed by atoms with E-state index in [0.717, 1.165) is 11.3 Å². The van der Waals surface area contributed by atoms with Gasteiger partial charge in [-0.25, -0.2) is 0 Å². The molecular formula is C17H18ClN3O2. The van der Waals surface area contributed by atoms with Gasteiger partial charge in [-0.3, -0.25) is 9.78 Å². The third-order valence-electron chi connectivity index (χ3n) is 3.81. The average Bonchev–Trinajstić information content (AvgIpc) is 2.47. The Morgan fingerprint density at radius 2 is 2.22 bits per heavy atom. The predicted molar refractivity (Wildman–Crippen MR) is 89.6 cm³/mol. The molecule has 2 aromatic rings. The molecule has 1 aliphatic rings. The van der Waals surface area contributed by atoms with E-state index in [0.29, 0.717) is 22.7 Å². The van der Waals surface area contributed by atoms with Crippen molar-refractivity contribution in [3.8, 4) is 5.75 Å². The van der Waals surface area contributed by atoms with Crippen LogP contribution in [0.3, 0.4) is 0 Å². The van der Waals surface area contributed by atoms with E-state index in [2.05, 4.69) is 10.3 Å². The van der Waals surface area contributed by atoms with Crippen molar-refractivity contribution in [3.63, 3.8) is 0 Å². The number of ether oxygens (including phenoxy) is 1. The van der Waals surface area contributed by atoms with Crippen LogP contribution in [0.1, 0.15) is 42.2 Å². The highest BCUT2D eigenvalue weighted by Crippen LogP contribution is 2.40. The Morgan fingerprint density at radius 1 is 1.43 bits per heavy atom. The van der Waals surface area contributed by atoms with Gasteiger partial charge in [0.1, 0.15) is 11.4 Å². The Morgan fingerprint density at radius 3 is 2.96 bits per heavy atom. The van der Waals surface area contributed by atoms with Crippen molar-refractivity contribution in [1.29, 1.82) is 0 Å². The molecule has 6 heteroatoms. The van der Waals surface area contributed by atoms with E-state index in [4.69, 9.17) is 22.1 Å². The van der Waals surface area contributed by atoms with Crippen LogP contribution < -0.4 is 15.8 Å². The van der Waals surface area contributed by atoms with Crippen molar-refractivity contribution in [3.05, 3.63) is 52.8 Å². The molecule has 1 unspecified atom stereocenters. The molecule has 1 aromatic carbocycles. The van der Waals surface area contributed by atoms with Crippen molar-refractivity contribution in [2.45, 2.75) is 31.9 Å². The molecule has 3 N–H and O–H groups in total. The molecule has 0 aliphatic carbocycles. The highest BCUT2D eigenvalue weighted by molar-refractivity contribution is 6.33. The summed E-state index contributed by atoms with van der Waals surface area (Å²) in [5.74, 6) is 0.495. The maximum absolute atomic E-state index is 12.5. The number of nitrogens with one attached hydrogen (secondary N) is 1. The van der Waals surface area contributed by atoms with Gasteiger partial charge in [0.2, 0.25) is 0 Å². The molecule has 1 aromatic heterocycles. The molecule has 0 spiro atoms. The van der Waals surface area contributed by atoms with Crippen LogP contribution in [-0.2, 0) is 0 Å². The Balaban J connectivity index is 1.92. The molecule has 120 valence electrons. The number of nitrogens with zero attached hydrogens (tertiary/aromatic N) is 1. The summed E-state index contributed by atoms with van der Waals surface area (Å²) in [6, 6.07) is 6.86. The smallest absolute Gasteiger partial charge is 0.253 e. The van der Waals surface area contributed by atoms with E-state index >= 15 is 0 Å². The maximum atomic E-state index is 12.5. The molecule has 2 heterocycles. The zero-order valence-corrected chi connectivity index (χ0v) is 13.7. The first-order chi connectivity index (χ1) is 10.9. The number of fused-ring (bicyclic) bond motifs is 1. The van der Waals surface area contributed by atoms with Gasteiger partial charge in [0, 0.05) is 30.1 Å². The number of hydrogen-bond acceptors (Lipinski definition) is 4. The second-order valence-electron chi connectivity index (χ2n) is 6.24. The zero-order chi connectivity index (χ0) is 16.6. The fourth-order valence-electron chi connectivity index (χ4n) is 2.80. The highest BCUT2D eigenvalue weighted by atomic mass is 35.5. The summed E-state index contributed by atoms with van der Waals surface area (Å²) in [5, 5.41) is 3.35. The first kappa shape index (κ1) is 15.6. The maximum Gasteiger partial charge on any atom is 0.253 e. The molecule has 0 saturated carbocycles. The SMILES string of the molecule is CC1(C)CC(NC(=O)c2ccncc2Cl)c2cc(N)ccc2O1. The van der Waals surface area contributed by atoms with Crippen LogP contribution in [0.2, 0.25) is 5.02 Å². The molecule has 1 amide bonds. The van der Waals surface area contributed by atoms with Gasteiger partial charge >= 0.3 is 0 Å². The highest BCUT2D eigenvalue weighted by Gasteiger charge is 2.35. The van der Waals surface area contributed by atoms with Gasteiger partial charge in [0.05, 0.1) is 16.6 Å². The van der Waals surface area contributed by atoms with Crippen LogP contribution in [-0.4, -0.2) is 16.5 Å². The topological polar surface area (TPSA) is 77.2 Å². The van der Waals surface area contributed by atoms with Gasteiger partial charge in [-0.15, -0.1) is 0 Å². The van der Waals surface area contributed by atoms with Crippen molar-refractivity contribution >= 4 is 23.2 Å². The summed E-state index contributed by atoms with van der Waals surface area (Å²) >= 11 is 6.05. The largest absolute Gasteiger partial charge is 0.487 e. The van der Waals surface area contributed by atoms with E-state index in [9.17, 15) is 4.79 Å². The summed E-state index contributed by atoms with van der Waals surface area (Å²) in [4.78, 5) is 16.4. The van der Waals surface area contributed by atoms with Crippen LogP contribution in [0.25, 0.3) is 0 Å². The summed E-state index contributed by atoms with van der Waals surface area (Å²) in [6.45, 7) is 3.98. The lowest BCUT2D eigenvalue weighted by Gasteiger charge is -2.38. The summed E-state index contributed by atoms with van der Waals surface area (Å²) in [6.07, 6.45) is 3.63. The van der Waals surface area contributed by atoms with Crippen molar-refractivity contribution < 1.29 is 9.53 Å². The number of aromatic nitrogens is 1. The molecule has 3 rings (SSSR count). The molecule has 5 nitrogen and oxygen atoms in total. The molecule has 0 fully saturated rings. The molecule has 1 atom stereocenters. The Labute approximate surface area is 139 Å². The van der Waals surface area contributed by atoms with Crippen LogP contribution in [0.5, 0.6) is 5.75 Å². The number of nitrogens with two attached hydrogens (primary N) is 1. The van der Waals surface area contributed by atoms with Crippen LogP contribution in [0, 0.1) is 0 Å². The number of carbonyl (C=O) groups excluding carboxylic acids is 1. The number of nitrogen functional groups attached to an aromatic ring is 1. The minimum Gasteiger partial charge on any atom is -0.487 e. The Kier molecular flexibility index (Phi) is 3.90. The number of anilines is 1. The zero-order valence-electron chi connectivity index (χ0n) is 13.0. The average molecular weight is 332 g/mol. The van der Waals surface area contributed by atoms with Gasteiger partial charge < -0.3 is 15.8 Å². The van der Waals surface area contributed by atoms with Gasteiger partial charge in [0.15, 0.2) is 0 Å². The number of rotatable bonds is 2. The van der Waals surface area contributed by atoms with E-state index in [1.165, 1.54) is 6.20 Å². The minimum absolute atomic E-state index is 0.200. The molecule has 23 heavy (non-hydrogen) atoms. The number of pyridine rings is 1. The number of benzene rings is 1. The van der Waals surface area contributed by atoms with Crippen molar-refractivity contribution in [1.82, 2.24) is 10.3 Å². The normalized spacial score (nSPS) is 18.7. The molecule has 0 saturated heterocycles. The van der Waals surface area contributed by atoms with Gasteiger partial charge in [0.25, 0.3) is 5.91 Å². The van der Waals surface area contributed by atoms with E-state index in [1.807, 2.05) is 26.0 Å². The summed E-state index contributed by atoms with van der Waals surface area (Å²) < 4.78 is 5.97. The molecule has 0 radical (unpaired) electrons. The van der Waals surface area contributed by atoms with Gasteiger partial charge in [-0.1, -0.05) is 11.6 Å². The number of amides is 1. The lowest BCUT2D eigenvalue weighted by Crippen LogP contribution is -2.41. The monoisotopic (exact) mass is 331 g/mol. The predicted octanol–water partition coefficient (Wildman–Crippen LogP) is 3.35. The summed E-state index contributed by atoms with van der Waals surface area (Å²) in [5.41, 5.74) is 7.40. The second-order valence-corrected chi connectivity index (χ2v) is 6.65. The molecular weight excluding hydrogens is 314 g/mol. The van der Waals surface area contributed by atoms with Crippen molar-refractivity contribution in [2.24, 2.45) is 0 Å². The van der Waals surface area contributed by atoms with E-state index in [1.54, 1.807) is 18.3 Å². The number of hydrogen-bond donors (Lipinski definition) is 2. The fraction of sp³-hybridized carbons (Fsp3) is 0.294. The Hall–Kier alpha value is -2.27. The fourth-order valence-corrected chi connectivity index (χ4v) is 3.00. The lowest BCUT2D eigenvalue weighted by atomic mass is 9.89. The number of carbonyl (C=O) groups is 1. The van der Waals surface area contributed by atoms with Crippen LogP contribution in [0.4, 0.5) is 5.69 Å². The standard InChI is InChI=1S/C17H18ClN3O2/c1-17(2)8-14(12-7-10(19)3-4-15(12)23-17)21-16(22)11-5-6-20-9-13(11)18/h3-7,9,14H,8,19H2,1-2H3,(H,21,22). The van der Waals surface area contributed by atoms with E-state index in [-0.39, 0.29) is 17.6 Å². The quantitative estimate of drug-likeness (QED) is 0.827. The third kappa shape index (κ3) is 3.24. The number of halogens is 1. The molecule has 1 aliphatic heterocycles. The van der Waals surface area contributed by atoms with Crippen LogP contribution in [0.15, 0.2) is 36.7 Å². The minimum atomic E-state index is -0.386. The first-order valence-electron chi connectivity index (χ1n) is 7.34. The lowest BCUT2D eigenvalue weighted by molar-refractivity contribution is 0.0620. The van der Waals surface area contributed by atoms with E-state index < -0.39 is 0 Å². The third-order valence-corrected chi connectivity index (χ3v) is 4.11. The Bertz CT molecular complexity index is 761. The molecule has 0 bridgehead atoms. The van der Waals surface area contributed by atoms with Crippen molar-refractivity contribution in [2.75, 3.05) is 5.73 Å². The second kappa shape index (κ2) is 5.74.